The Morgan fingerprint density at radius 2 is 1.90 bits per heavy atom. The summed E-state index contributed by atoms with van der Waals surface area (Å²) >= 11 is 0. The maximum atomic E-state index is 11.9. The van der Waals surface area contributed by atoms with E-state index < -0.39 is 5.97 Å². The summed E-state index contributed by atoms with van der Waals surface area (Å²) in [5.74, 6) is -0.274. The molecule has 1 atom stereocenters. The molecule has 1 rings (SSSR count). The third kappa shape index (κ3) is 7.34. The van der Waals surface area contributed by atoms with Crippen LogP contribution in [0.3, 0.4) is 0 Å². The minimum atomic E-state index is -0.890. The second-order valence-corrected chi connectivity index (χ2v) is 5.74. The summed E-state index contributed by atoms with van der Waals surface area (Å²) in [6, 6.07) is 6.71. The smallest absolute Gasteiger partial charge is 0.319 e. The number of hydrogen-bond donors (Lipinski definition) is 3. The minimum absolute atomic E-state index is 0.0536. The first-order valence-corrected chi connectivity index (χ1v) is 7.25. The Bertz CT molecular complexity index is 486. The van der Waals surface area contributed by atoms with Gasteiger partial charge in [-0.25, -0.2) is 4.79 Å². The molecule has 0 fully saturated rings. The number of amides is 2. The molecule has 0 aromatic heterocycles. The van der Waals surface area contributed by atoms with Gasteiger partial charge in [0.05, 0.1) is 6.42 Å². The van der Waals surface area contributed by atoms with Gasteiger partial charge in [0.1, 0.15) is 0 Å². The maximum Gasteiger partial charge on any atom is 0.319 e. The lowest BCUT2D eigenvalue weighted by Crippen LogP contribution is -2.36. The molecule has 1 aromatic carbocycles. The molecule has 1 unspecified atom stereocenters. The highest BCUT2D eigenvalue weighted by atomic mass is 16.4. The van der Waals surface area contributed by atoms with Crippen LogP contribution in [0.2, 0.25) is 0 Å². The molecule has 0 aliphatic carbocycles. The number of rotatable bonds is 7. The first-order chi connectivity index (χ1) is 9.86. The number of carbonyl (C=O) groups excluding carboxylic acids is 1. The van der Waals surface area contributed by atoms with Crippen LogP contribution in [0, 0.1) is 5.92 Å². The van der Waals surface area contributed by atoms with Crippen LogP contribution in [0.25, 0.3) is 0 Å². The zero-order valence-corrected chi connectivity index (χ0v) is 12.8. The highest BCUT2D eigenvalue weighted by Gasteiger charge is 2.09. The SMILES string of the molecule is CC(C)CCC(C)NC(=O)Nc1cccc(CC(=O)O)c1. The van der Waals surface area contributed by atoms with Gasteiger partial charge in [-0.15, -0.1) is 0 Å². The molecule has 0 bridgehead atoms. The summed E-state index contributed by atoms with van der Waals surface area (Å²) in [6.07, 6.45) is 1.95. The molecule has 0 spiro atoms. The van der Waals surface area contributed by atoms with Crippen molar-refractivity contribution < 1.29 is 14.7 Å². The van der Waals surface area contributed by atoms with Crippen molar-refractivity contribution in [2.45, 2.75) is 46.1 Å². The van der Waals surface area contributed by atoms with Crippen molar-refractivity contribution in [3.8, 4) is 0 Å². The molecule has 1 aromatic rings. The molecule has 0 heterocycles. The number of carbonyl (C=O) groups is 2. The monoisotopic (exact) mass is 292 g/mol. The fourth-order valence-electron chi connectivity index (χ4n) is 1.98. The van der Waals surface area contributed by atoms with E-state index >= 15 is 0 Å². The van der Waals surface area contributed by atoms with Crippen LogP contribution in [0.1, 0.15) is 39.2 Å². The van der Waals surface area contributed by atoms with Gasteiger partial charge in [0, 0.05) is 11.7 Å². The first-order valence-electron chi connectivity index (χ1n) is 7.25. The highest BCUT2D eigenvalue weighted by molar-refractivity contribution is 5.89. The van der Waals surface area contributed by atoms with Gasteiger partial charge in [-0.2, -0.15) is 0 Å². The fourth-order valence-corrected chi connectivity index (χ4v) is 1.98. The lowest BCUT2D eigenvalue weighted by molar-refractivity contribution is -0.136. The molecule has 0 radical (unpaired) electrons. The molecule has 116 valence electrons. The average Bonchev–Trinajstić information content (AvgIpc) is 2.35. The lowest BCUT2D eigenvalue weighted by Gasteiger charge is -2.16. The number of carboxylic acids is 1. The summed E-state index contributed by atoms with van der Waals surface area (Å²) in [7, 11) is 0. The average molecular weight is 292 g/mol. The molecule has 0 aliphatic heterocycles. The first kappa shape index (κ1) is 17.0. The number of nitrogens with one attached hydrogen (secondary N) is 2. The van der Waals surface area contributed by atoms with E-state index in [2.05, 4.69) is 24.5 Å². The minimum Gasteiger partial charge on any atom is -0.481 e. The van der Waals surface area contributed by atoms with Crippen molar-refractivity contribution in [2.24, 2.45) is 5.92 Å². The summed E-state index contributed by atoms with van der Waals surface area (Å²) in [5.41, 5.74) is 1.26. The van der Waals surface area contributed by atoms with Crippen molar-refractivity contribution in [1.82, 2.24) is 5.32 Å². The van der Waals surface area contributed by atoms with Gasteiger partial charge in [-0.05, 0) is 43.4 Å². The zero-order valence-electron chi connectivity index (χ0n) is 12.8. The van der Waals surface area contributed by atoms with E-state index in [1.54, 1.807) is 24.3 Å². The number of benzene rings is 1. The van der Waals surface area contributed by atoms with Gasteiger partial charge in [0.15, 0.2) is 0 Å². The van der Waals surface area contributed by atoms with Crippen LogP contribution in [0.15, 0.2) is 24.3 Å². The predicted molar refractivity (Wildman–Crippen MR) is 83.5 cm³/mol. The Morgan fingerprint density at radius 3 is 2.52 bits per heavy atom. The normalized spacial score (nSPS) is 12.0. The number of carboxylic acid groups (broad SMARTS) is 1. The summed E-state index contributed by atoms with van der Waals surface area (Å²) in [5, 5.41) is 14.4. The van der Waals surface area contributed by atoms with Crippen LogP contribution in [0.5, 0.6) is 0 Å². The molecule has 2 amide bonds. The van der Waals surface area contributed by atoms with Crippen LogP contribution in [-0.2, 0) is 11.2 Å². The number of urea groups is 1. The summed E-state index contributed by atoms with van der Waals surface area (Å²) in [4.78, 5) is 22.5. The second-order valence-electron chi connectivity index (χ2n) is 5.74. The van der Waals surface area contributed by atoms with E-state index in [1.807, 2.05) is 6.92 Å². The lowest BCUT2D eigenvalue weighted by atomic mass is 10.0. The largest absolute Gasteiger partial charge is 0.481 e. The van der Waals surface area contributed by atoms with Crippen LogP contribution >= 0.6 is 0 Å². The fraction of sp³-hybridized carbons (Fsp3) is 0.500. The second kappa shape index (κ2) is 8.29. The molecular weight excluding hydrogens is 268 g/mol. The summed E-state index contributed by atoms with van der Waals surface area (Å²) in [6.45, 7) is 6.28. The van der Waals surface area contributed by atoms with Gasteiger partial charge in [0.2, 0.25) is 0 Å². The highest BCUT2D eigenvalue weighted by Crippen LogP contribution is 2.12. The van der Waals surface area contributed by atoms with Gasteiger partial charge >= 0.3 is 12.0 Å². The molecule has 0 saturated carbocycles. The van der Waals surface area contributed by atoms with Crippen molar-refractivity contribution in [1.29, 1.82) is 0 Å². The van der Waals surface area contributed by atoms with Crippen molar-refractivity contribution >= 4 is 17.7 Å². The zero-order chi connectivity index (χ0) is 15.8. The predicted octanol–water partition coefficient (Wildman–Crippen LogP) is 3.26. The molecule has 5 nitrogen and oxygen atoms in total. The standard InChI is InChI=1S/C16H24N2O3/c1-11(2)7-8-12(3)17-16(21)18-14-6-4-5-13(9-14)10-15(19)20/h4-6,9,11-12H,7-8,10H2,1-3H3,(H,19,20)(H2,17,18,21). The van der Waals surface area contributed by atoms with E-state index in [9.17, 15) is 9.59 Å². The van der Waals surface area contributed by atoms with Crippen LogP contribution in [-0.4, -0.2) is 23.1 Å². The van der Waals surface area contributed by atoms with Gasteiger partial charge < -0.3 is 15.7 Å². The van der Waals surface area contributed by atoms with Gasteiger partial charge in [-0.3, -0.25) is 4.79 Å². The molecule has 0 aliphatic rings. The third-order valence-electron chi connectivity index (χ3n) is 3.09. The summed E-state index contributed by atoms with van der Waals surface area (Å²) < 4.78 is 0. The molecule has 5 heteroatoms. The molecule has 0 saturated heterocycles. The Balaban J connectivity index is 2.48. The van der Waals surface area contributed by atoms with Crippen molar-refractivity contribution in [2.75, 3.05) is 5.32 Å². The Labute approximate surface area is 125 Å². The number of anilines is 1. The van der Waals surface area contributed by atoms with E-state index in [0.29, 0.717) is 17.2 Å². The molecular formula is C16H24N2O3. The van der Waals surface area contributed by atoms with Crippen LogP contribution < -0.4 is 10.6 Å². The van der Waals surface area contributed by atoms with Gasteiger partial charge in [0.25, 0.3) is 0 Å². The van der Waals surface area contributed by atoms with E-state index in [1.165, 1.54) is 0 Å². The van der Waals surface area contributed by atoms with Crippen molar-refractivity contribution in [3.05, 3.63) is 29.8 Å². The Kier molecular flexibility index (Phi) is 6.72. The Hall–Kier alpha value is -2.04. The van der Waals surface area contributed by atoms with E-state index in [0.717, 1.165) is 12.8 Å². The van der Waals surface area contributed by atoms with E-state index in [4.69, 9.17) is 5.11 Å². The molecule has 21 heavy (non-hydrogen) atoms. The third-order valence-corrected chi connectivity index (χ3v) is 3.09. The Morgan fingerprint density at radius 1 is 1.19 bits per heavy atom. The van der Waals surface area contributed by atoms with E-state index in [-0.39, 0.29) is 18.5 Å². The molecule has 3 N–H and O–H groups in total. The van der Waals surface area contributed by atoms with Crippen molar-refractivity contribution in [3.63, 3.8) is 0 Å². The topological polar surface area (TPSA) is 78.4 Å². The number of hydrogen-bond acceptors (Lipinski definition) is 2. The van der Waals surface area contributed by atoms with Gasteiger partial charge in [-0.1, -0.05) is 26.0 Å². The number of aliphatic carboxylic acids is 1. The maximum absolute atomic E-state index is 11.9. The van der Waals surface area contributed by atoms with Crippen LogP contribution in [0.4, 0.5) is 10.5 Å². The quantitative estimate of drug-likeness (QED) is 0.721.